The van der Waals surface area contributed by atoms with Gasteiger partial charge in [-0.2, -0.15) is 0 Å². The number of aromatic nitrogens is 1. The summed E-state index contributed by atoms with van der Waals surface area (Å²) in [7, 11) is 0. The maximum absolute atomic E-state index is 13.0. The number of rotatable bonds is 7. The van der Waals surface area contributed by atoms with Crippen molar-refractivity contribution in [2.24, 2.45) is 5.92 Å². The number of thiazole rings is 1. The number of hydrogen-bond donors (Lipinski definition) is 1. The Bertz CT molecular complexity index is 809. The Morgan fingerprint density at radius 1 is 1.23 bits per heavy atom. The number of carbonyl (C=O) groups is 1. The summed E-state index contributed by atoms with van der Waals surface area (Å²) in [5.41, 5.74) is 2.35. The molecule has 1 aromatic heterocycles. The third-order valence-electron chi connectivity index (χ3n) is 6.63. The van der Waals surface area contributed by atoms with Gasteiger partial charge in [0.1, 0.15) is 0 Å². The molecule has 2 aromatic rings. The van der Waals surface area contributed by atoms with Crippen molar-refractivity contribution in [3.63, 3.8) is 0 Å². The highest BCUT2D eigenvalue weighted by Crippen LogP contribution is 2.43. The maximum Gasteiger partial charge on any atom is 0.225 e. The molecule has 162 valence electrons. The average Bonchev–Trinajstić information content (AvgIpc) is 3.29. The average molecular weight is 428 g/mol. The zero-order chi connectivity index (χ0) is 20.8. The second kappa shape index (κ2) is 9.92. The number of nitrogens with zero attached hydrogens (tertiary/aromatic N) is 2. The first-order chi connectivity index (χ1) is 14.7. The fourth-order valence-corrected chi connectivity index (χ4v) is 5.55. The standard InChI is InChI=1S/C24H33N3O2S/c1-2-3-13-25-23-26-21(18-30-23)24(20-7-5-4-6-8-20)11-14-27(15-12-24)22(28)19-9-16-29-17-10-19/h4-8,18-19H,2-3,9-17H2,1H3,(H,25,26). The molecule has 0 unspecified atom stereocenters. The molecule has 5 nitrogen and oxygen atoms in total. The van der Waals surface area contributed by atoms with Gasteiger partial charge in [-0.3, -0.25) is 4.79 Å². The van der Waals surface area contributed by atoms with Crippen molar-refractivity contribution in [3.8, 4) is 0 Å². The molecule has 6 heteroatoms. The third-order valence-corrected chi connectivity index (χ3v) is 7.43. The van der Waals surface area contributed by atoms with Gasteiger partial charge < -0.3 is 15.0 Å². The molecule has 30 heavy (non-hydrogen) atoms. The van der Waals surface area contributed by atoms with E-state index in [2.05, 4.69) is 52.9 Å². The van der Waals surface area contributed by atoms with E-state index in [1.807, 2.05) is 0 Å². The monoisotopic (exact) mass is 427 g/mol. The molecule has 1 N–H and O–H groups in total. The van der Waals surface area contributed by atoms with Gasteiger partial charge in [-0.15, -0.1) is 11.3 Å². The molecule has 0 radical (unpaired) electrons. The Morgan fingerprint density at radius 3 is 2.67 bits per heavy atom. The summed E-state index contributed by atoms with van der Waals surface area (Å²) in [5.74, 6) is 0.455. The van der Waals surface area contributed by atoms with Crippen molar-refractivity contribution in [2.45, 2.75) is 50.9 Å². The fourth-order valence-electron chi connectivity index (χ4n) is 4.71. The molecule has 2 aliphatic heterocycles. The van der Waals surface area contributed by atoms with Crippen molar-refractivity contribution in [1.82, 2.24) is 9.88 Å². The zero-order valence-electron chi connectivity index (χ0n) is 17.9. The molecular weight excluding hydrogens is 394 g/mol. The van der Waals surface area contributed by atoms with E-state index in [9.17, 15) is 4.79 Å². The lowest BCUT2D eigenvalue weighted by Crippen LogP contribution is -2.48. The topological polar surface area (TPSA) is 54.5 Å². The quantitative estimate of drug-likeness (QED) is 0.651. The number of hydrogen-bond acceptors (Lipinski definition) is 5. The van der Waals surface area contributed by atoms with Crippen molar-refractivity contribution in [1.29, 1.82) is 0 Å². The van der Waals surface area contributed by atoms with E-state index in [1.165, 1.54) is 12.0 Å². The number of unbranched alkanes of at least 4 members (excludes halogenated alkanes) is 1. The van der Waals surface area contributed by atoms with Crippen LogP contribution < -0.4 is 5.32 Å². The van der Waals surface area contributed by atoms with E-state index in [0.29, 0.717) is 19.1 Å². The van der Waals surface area contributed by atoms with Crippen LogP contribution in [-0.4, -0.2) is 48.6 Å². The van der Waals surface area contributed by atoms with E-state index in [-0.39, 0.29) is 11.3 Å². The molecule has 0 atom stereocenters. The molecule has 0 aliphatic carbocycles. The lowest BCUT2D eigenvalue weighted by molar-refractivity contribution is -0.140. The second-order valence-corrected chi connectivity index (χ2v) is 9.34. The minimum Gasteiger partial charge on any atom is -0.381 e. The highest BCUT2D eigenvalue weighted by Gasteiger charge is 2.41. The van der Waals surface area contributed by atoms with Crippen LogP contribution in [0.5, 0.6) is 0 Å². The van der Waals surface area contributed by atoms with Gasteiger partial charge in [-0.05, 0) is 37.7 Å². The Labute approximate surface area is 183 Å². The van der Waals surface area contributed by atoms with Gasteiger partial charge in [0.15, 0.2) is 5.13 Å². The highest BCUT2D eigenvalue weighted by molar-refractivity contribution is 7.13. The first kappa shape index (κ1) is 21.3. The van der Waals surface area contributed by atoms with Crippen LogP contribution in [0.1, 0.15) is 56.7 Å². The summed E-state index contributed by atoms with van der Waals surface area (Å²) >= 11 is 1.70. The maximum atomic E-state index is 13.0. The molecule has 0 saturated carbocycles. The van der Waals surface area contributed by atoms with Crippen molar-refractivity contribution in [2.75, 3.05) is 38.2 Å². The third kappa shape index (κ3) is 4.54. The van der Waals surface area contributed by atoms with Crippen LogP contribution in [0.3, 0.4) is 0 Å². The molecule has 0 spiro atoms. The van der Waals surface area contributed by atoms with Crippen LogP contribution in [0.15, 0.2) is 35.7 Å². The van der Waals surface area contributed by atoms with E-state index >= 15 is 0 Å². The molecule has 2 saturated heterocycles. The lowest BCUT2D eigenvalue weighted by Gasteiger charge is -2.42. The van der Waals surface area contributed by atoms with Crippen LogP contribution in [0.2, 0.25) is 0 Å². The zero-order valence-corrected chi connectivity index (χ0v) is 18.8. The lowest BCUT2D eigenvalue weighted by atomic mass is 9.70. The number of amides is 1. The molecule has 4 rings (SSSR count). The molecule has 0 bridgehead atoms. The highest BCUT2D eigenvalue weighted by atomic mass is 32.1. The summed E-state index contributed by atoms with van der Waals surface area (Å²) in [6.07, 6.45) is 5.89. The number of anilines is 1. The van der Waals surface area contributed by atoms with E-state index in [1.54, 1.807) is 11.3 Å². The van der Waals surface area contributed by atoms with E-state index < -0.39 is 0 Å². The summed E-state index contributed by atoms with van der Waals surface area (Å²) in [6, 6.07) is 10.7. The first-order valence-corrected chi connectivity index (χ1v) is 12.2. The van der Waals surface area contributed by atoms with Gasteiger partial charge in [0.25, 0.3) is 0 Å². The number of piperidine rings is 1. The molecule has 1 aromatic carbocycles. The minimum atomic E-state index is -0.116. The van der Waals surface area contributed by atoms with Crippen LogP contribution >= 0.6 is 11.3 Å². The molecule has 2 fully saturated rings. The summed E-state index contributed by atoms with van der Waals surface area (Å²) in [5, 5.41) is 6.70. The van der Waals surface area contributed by atoms with E-state index in [4.69, 9.17) is 9.72 Å². The molecule has 1 amide bonds. The summed E-state index contributed by atoms with van der Waals surface area (Å²) < 4.78 is 5.44. The van der Waals surface area contributed by atoms with Crippen molar-refractivity contribution >= 4 is 22.4 Å². The predicted molar refractivity (Wildman–Crippen MR) is 122 cm³/mol. The smallest absolute Gasteiger partial charge is 0.225 e. The van der Waals surface area contributed by atoms with Crippen LogP contribution in [0.4, 0.5) is 5.13 Å². The van der Waals surface area contributed by atoms with Gasteiger partial charge in [-0.25, -0.2) is 4.98 Å². The van der Waals surface area contributed by atoms with Gasteiger partial charge >= 0.3 is 0 Å². The van der Waals surface area contributed by atoms with Gasteiger partial charge in [0.2, 0.25) is 5.91 Å². The summed E-state index contributed by atoms with van der Waals surface area (Å²) in [4.78, 5) is 20.1. The number of likely N-dealkylation sites (tertiary alicyclic amines) is 1. The summed E-state index contributed by atoms with van der Waals surface area (Å²) in [6.45, 7) is 6.18. The normalized spacial score (nSPS) is 19.6. The fraction of sp³-hybridized carbons (Fsp3) is 0.583. The molecular formula is C24H33N3O2S. The van der Waals surface area contributed by atoms with Crippen LogP contribution in [0, 0.1) is 5.92 Å². The largest absolute Gasteiger partial charge is 0.381 e. The predicted octanol–water partition coefficient (Wildman–Crippen LogP) is 4.69. The Kier molecular flexibility index (Phi) is 7.05. The van der Waals surface area contributed by atoms with Gasteiger partial charge in [0.05, 0.1) is 5.69 Å². The van der Waals surface area contributed by atoms with Gasteiger partial charge in [-0.1, -0.05) is 43.7 Å². The Balaban J connectivity index is 1.52. The molecule has 2 aliphatic rings. The van der Waals surface area contributed by atoms with Gasteiger partial charge in [0, 0.05) is 49.6 Å². The Hall–Kier alpha value is -1.92. The van der Waals surface area contributed by atoms with Crippen LogP contribution in [-0.2, 0) is 14.9 Å². The number of carbonyl (C=O) groups excluding carboxylic acids is 1. The second-order valence-electron chi connectivity index (χ2n) is 8.48. The number of nitrogens with one attached hydrogen (secondary N) is 1. The number of ether oxygens (including phenoxy) is 1. The molecule has 3 heterocycles. The minimum absolute atomic E-state index is 0.116. The van der Waals surface area contributed by atoms with E-state index in [0.717, 1.165) is 62.6 Å². The Morgan fingerprint density at radius 2 is 1.97 bits per heavy atom. The van der Waals surface area contributed by atoms with Crippen molar-refractivity contribution in [3.05, 3.63) is 47.0 Å². The SMILES string of the molecule is CCCCNc1nc(C2(c3ccccc3)CCN(C(=O)C3CCOCC3)CC2)cs1. The number of benzene rings is 1. The van der Waals surface area contributed by atoms with Crippen LogP contribution in [0.25, 0.3) is 0 Å². The van der Waals surface area contributed by atoms with Crippen molar-refractivity contribution < 1.29 is 9.53 Å². The first-order valence-electron chi connectivity index (χ1n) is 11.3.